The second-order valence-corrected chi connectivity index (χ2v) is 38.0. The first-order chi connectivity index (χ1) is 19.7. The van der Waals surface area contributed by atoms with Crippen molar-refractivity contribution in [3.8, 4) is 11.1 Å². The second-order valence-electron chi connectivity index (χ2n) is 6.12. The molecule has 1 heterocycles. The van der Waals surface area contributed by atoms with E-state index in [4.69, 9.17) is 32.5 Å². The summed E-state index contributed by atoms with van der Waals surface area (Å²) in [5.74, 6) is 0. The molecule has 0 radical (unpaired) electrons. The van der Waals surface area contributed by atoms with Crippen molar-refractivity contribution in [2.75, 3.05) is 5.73 Å². The third-order valence-electron chi connectivity index (χ3n) is 4.12. The number of hydrogen-bond acceptors (Lipinski definition) is 4. The van der Waals surface area contributed by atoms with E-state index in [9.17, 15) is 0 Å². The Hall–Kier alpha value is 1.66. The average Bonchev–Trinajstić information content (AvgIpc) is 3.35. The summed E-state index contributed by atoms with van der Waals surface area (Å²) in [7, 11) is 30.8. The predicted molar refractivity (Wildman–Crippen MR) is 231 cm³/mol. The van der Waals surface area contributed by atoms with Gasteiger partial charge >= 0.3 is 0 Å². The number of benzene rings is 3. The fourth-order valence-electron chi connectivity index (χ4n) is 2.83. The van der Waals surface area contributed by atoms with Gasteiger partial charge in [-0.15, -0.1) is 0 Å². The highest BCUT2D eigenvalue weighted by Gasteiger charge is 2.08. The van der Waals surface area contributed by atoms with E-state index in [-0.39, 0.29) is 0 Å². The lowest BCUT2D eigenvalue weighted by Crippen LogP contribution is -1.88. The normalized spacial score (nSPS) is 9.30. The van der Waals surface area contributed by atoms with Crippen molar-refractivity contribution in [3.63, 3.8) is 0 Å². The summed E-state index contributed by atoms with van der Waals surface area (Å²) in [6.07, 6.45) is 0. The molecule has 2 N–H and O–H groups in total. The average molecular weight is 901 g/mol. The monoisotopic (exact) mass is 899 g/mol. The molecule has 2 nitrogen and oxygen atoms in total. The maximum atomic E-state index is 6.06. The Morgan fingerprint density at radius 2 is 0.925 bits per heavy atom. The number of furan rings is 1. The first-order valence-corrected chi connectivity index (χ1v) is 35.1. The molecule has 0 saturated heterocycles. The Labute approximate surface area is 292 Å². The van der Waals surface area contributed by atoms with Crippen LogP contribution in [0.4, 0.5) is 5.69 Å². The minimum absolute atomic E-state index is 0.791. The molecule has 216 valence electrons. The summed E-state index contributed by atoms with van der Waals surface area (Å²) in [6, 6.07) is 22.2. The molecule has 0 bridgehead atoms. The van der Waals surface area contributed by atoms with Gasteiger partial charge in [0.1, 0.15) is 11.2 Å². The summed E-state index contributed by atoms with van der Waals surface area (Å²) >= 11 is 9.51. The van der Waals surface area contributed by atoms with Crippen LogP contribution in [0.1, 0.15) is 0 Å². The predicted octanol–water partition coefficient (Wildman–Crippen LogP) is 4.79. The van der Waals surface area contributed by atoms with Crippen LogP contribution in [-0.4, -0.2) is 0 Å². The molecule has 0 saturated carbocycles. The Morgan fingerprint density at radius 3 is 1.45 bits per heavy atom. The van der Waals surface area contributed by atoms with Crippen molar-refractivity contribution in [2.45, 2.75) is 0 Å². The van der Waals surface area contributed by atoms with Crippen LogP contribution in [0.15, 0.2) is 71.1 Å². The lowest BCUT2D eigenvalue weighted by molar-refractivity contribution is 0.669. The van der Waals surface area contributed by atoms with Crippen molar-refractivity contribution < 1.29 is 4.42 Å². The Kier molecular flexibility index (Phi) is 20.8. The highest BCUT2D eigenvalue weighted by atomic mass is 33.5. The molecule has 40 heavy (non-hydrogen) atoms. The molecule has 0 aliphatic rings. The van der Waals surface area contributed by atoms with Gasteiger partial charge in [-0.05, 0) is 29.8 Å². The van der Waals surface area contributed by atoms with E-state index in [1.54, 1.807) is 142 Å². The van der Waals surface area contributed by atoms with E-state index >= 15 is 0 Å². The van der Waals surface area contributed by atoms with Crippen LogP contribution in [0.2, 0.25) is 0 Å². The number of hydrogen-bond donors (Lipinski definition) is 1. The Morgan fingerprint density at radius 1 is 0.475 bits per heavy atom. The zero-order valence-corrected chi connectivity index (χ0v) is 35.3. The minimum atomic E-state index is 0.791. The summed E-state index contributed by atoms with van der Waals surface area (Å²) in [6.45, 7) is 0. The first-order valence-electron chi connectivity index (χ1n) is 9.76. The molecule has 0 aliphatic heterocycles. The largest absolute Gasteiger partial charge is 0.456 e. The van der Waals surface area contributed by atoms with Gasteiger partial charge in [0, 0.05) is 204 Å². The fraction of sp³-hybridized carbons (Fsp3) is 0. The van der Waals surface area contributed by atoms with E-state index in [0.717, 1.165) is 38.8 Å². The highest BCUT2D eigenvalue weighted by Crippen LogP contribution is 2.33. The smallest absolute Gasteiger partial charge is 0.135 e. The number of nitrogens with two attached hydrogens (primary N) is 1. The van der Waals surface area contributed by atoms with Crippen molar-refractivity contribution in [1.82, 2.24) is 0 Å². The van der Waals surface area contributed by atoms with Crippen molar-refractivity contribution in [2.24, 2.45) is 0 Å². The molecule has 0 atom stereocenters. The maximum absolute atomic E-state index is 6.06. The molecule has 0 spiro atoms. The lowest BCUT2D eigenvalue weighted by atomic mass is 10.0. The van der Waals surface area contributed by atoms with Crippen molar-refractivity contribution in [1.29, 1.82) is 0 Å². The van der Waals surface area contributed by atoms with Gasteiger partial charge in [-0.3, -0.25) is 0 Å². The van der Waals surface area contributed by atoms with Gasteiger partial charge in [0.25, 0.3) is 0 Å². The molecule has 22 heteroatoms. The zero-order valence-electron chi connectivity index (χ0n) is 19.0. The molecule has 3 aromatic carbocycles. The van der Waals surface area contributed by atoms with Crippen LogP contribution in [0.5, 0.6) is 0 Å². The number of nitrogen functional groups attached to an aromatic ring is 1. The molecule has 0 fully saturated rings. The summed E-state index contributed by atoms with van der Waals surface area (Å²) in [5.41, 5.74) is 10.8. The number of rotatable bonds is 1. The summed E-state index contributed by atoms with van der Waals surface area (Å²) in [5, 5.41) is 2.26. The Bertz CT molecular complexity index is 2250. The topological polar surface area (TPSA) is 39.2 Å². The molecule has 0 unspecified atom stereocenters. The van der Waals surface area contributed by atoms with E-state index < -0.39 is 0 Å². The van der Waals surface area contributed by atoms with Gasteiger partial charge in [-0.25, -0.2) is 0 Å². The quantitative estimate of drug-likeness (QED) is 0.280. The van der Waals surface area contributed by atoms with Crippen molar-refractivity contribution >= 4 is 210 Å². The maximum Gasteiger partial charge on any atom is 0.135 e. The number of anilines is 1. The SMILES string of the molecule is Nc1ccccc1-c1ccc2oc3ccccc3c2c1.S=S=S=S=S=S=S=S=S=S=S=S=S=S=S=S=S=S=S=S. The van der Waals surface area contributed by atoms with Crippen LogP contribution in [0, 0.1) is 0 Å². The van der Waals surface area contributed by atoms with Crippen LogP contribution in [0.25, 0.3) is 33.1 Å². The standard InChI is InChI=1S/C18H13NO.S20/c19-16-7-3-1-5-13(16)12-9-10-18-15(11-12)14-6-2-4-8-17(14)20-18;1-3-5-7-9-11-13-15-17-19-20-18-16-14-12-10-8-6-4-2/h1-11H,19H2;. The summed E-state index contributed by atoms with van der Waals surface area (Å²) < 4.78 is 5.84. The van der Waals surface area contributed by atoms with Crippen molar-refractivity contribution in [3.05, 3.63) is 66.7 Å². The zero-order chi connectivity index (χ0) is 28.3. The van der Waals surface area contributed by atoms with Gasteiger partial charge in [0.15, 0.2) is 0 Å². The number of fused-ring (bicyclic) bond motifs is 3. The van der Waals surface area contributed by atoms with Crippen LogP contribution >= 0.6 is 0 Å². The van der Waals surface area contributed by atoms with Gasteiger partial charge in [0.05, 0.1) is 0 Å². The summed E-state index contributed by atoms with van der Waals surface area (Å²) in [4.78, 5) is 0. The van der Waals surface area contributed by atoms with E-state index in [2.05, 4.69) is 18.2 Å². The molecule has 4 rings (SSSR count). The third-order valence-corrected chi connectivity index (χ3v) is 41.9. The molecular formula is C18H13NOS20. The van der Waals surface area contributed by atoms with Gasteiger partial charge in [-0.1, -0.05) is 42.5 Å². The highest BCUT2D eigenvalue weighted by molar-refractivity contribution is 8.78. The first kappa shape index (κ1) is 36.1. The second kappa shape index (κ2) is 23.1. The van der Waals surface area contributed by atoms with E-state index in [0.29, 0.717) is 0 Å². The van der Waals surface area contributed by atoms with Gasteiger partial charge in [0.2, 0.25) is 0 Å². The third kappa shape index (κ3) is 13.7. The molecular weight excluding hydrogens is 888 g/mol. The van der Waals surface area contributed by atoms with Crippen LogP contribution in [-0.2, 0) is 182 Å². The fourth-order valence-corrected chi connectivity index (χ4v) is 46.7. The molecule has 0 amide bonds. The Balaban J connectivity index is 0.000000220. The minimum Gasteiger partial charge on any atom is -0.456 e. The van der Waals surface area contributed by atoms with E-state index in [1.165, 1.54) is 17.8 Å². The number of para-hydroxylation sites is 2. The van der Waals surface area contributed by atoms with Gasteiger partial charge in [-0.2, -0.15) is 0 Å². The molecule has 1 aromatic heterocycles. The van der Waals surface area contributed by atoms with Gasteiger partial charge < -0.3 is 10.2 Å². The van der Waals surface area contributed by atoms with Crippen LogP contribution < -0.4 is 5.73 Å². The van der Waals surface area contributed by atoms with E-state index in [1.807, 2.05) is 48.5 Å². The lowest BCUT2D eigenvalue weighted by Gasteiger charge is -2.05. The van der Waals surface area contributed by atoms with Crippen LogP contribution in [0.3, 0.4) is 0 Å². The molecule has 4 aromatic rings. The molecule has 0 aliphatic carbocycles.